The summed E-state index contributed by atoms with van der Waals surface area (Å²) in [7, 11) is 1.54. The van der Waals surface area contributed by atoms with Crippen LogP contribution in [0.15, 0.2) is 22.7 Å². The summed E-state index contributed by atoms with van der Waals surface area (Å²) in [5.41, 5.74) is 0.513. The number of benzene rings is 1. The molecule has 0 aliphatic heterocycles. The molecule has 1 aromatic heterocycles. The lowest BCUT2D eigenvalue weighted by atomic mass is 10.1. The van der Waals surface area contributed by atoms with Crippen LogP contribution in [0, 0.1) is 5.92 Å². The van der Waals surface area contributed by atoms with Crippen LogP contribution in [0.25, 0.3) is 0 Å². The van der Waals surface area contributed by atoms with E-state index in [1.165, 1.54) is 0 Å². The highest BCUT2D eigenvalue weighted by atomic mass is 16.5. The number of aryl methyl sites for hydroxylation is 1. The van der Waals surface area contributed by atoms with E-state index in [0.717, 1.165) is 19.1 Å². The van der Waals surface area contributed by atoms with Crippen LogP contribution in [0.3, 0.4) is 0 Å². The van der Waals surface area contributed by atoms with Crippen LogP contribution in [0.5, 0.6) is 11.5 Å². The maximum atomic E-state index is 10.8. The van der Waals surface area contributed by atoms with Gasteiger partial charge in [0.2, 0.25) is 0 Å². The zero-order valence-electron chi connectivity index (χ0n) is 13.0. The molecule has 2 aromatic rings. The molecule has 0 aliphatic carbocycles. The van der Waals surface area contributed by atoms with Gasteiger partial charge in [0.25, 0.3) is 5.89 Å². The molecule has 6 nitrogen and oxygen atoms in total. The third kappa shape index (κ3) is 4.31. The monoisotopic (exact) mass is 304 g/mol. The molecule has 6 heteroatoms. The van der Waals surface area contributed by atoms with Crippen molar-refractivity contribution in [2.45, 2.75) is 33.3 Å². The van der Waals surface area contributed by atoms with E-state index in [1.807, 2.05) is 0 Å². The molecule has 0 aliphatic rings. The number of carbonyl (C=O) groups excluding carboxylic acids is 1. The minimum Gasteiger partial charge on any atom is -0.493 e. The molecule has 1 aromatic carbocycles. The number of rotatable bonds is 8. The van der Waals surface area contributed by atoms with E-state index in [2.05, 4.69) is 24.0 Å². The van der Waals surface area contributed by atoms with Crippen LogP contribution in [0.4, 0.5) is 0 Å². The molecular formula is C16H20N2O4. The van der Waals surface area contributed by atoms with E-state index in [9.17, 15) is 4.79 Å². The van der Waals surface area contributed by atoms with Crippen molar-refractivity contribution in [1.82, 2.24) is 10.1 Å². The first kappa shape index (κ1) is 16.0. The molecule has 0 unspecified atom stereocenters. The number of carbonyl (C=O) groups is 1. The number of ether oxygens (including phenoxy) is 2. The second-order valence-corrected chi connectivity index (χ2v) is 5.35. The van der Waals surface area contributed by atoms with Gasteiger partial charge in [-0.3, -0.25) is 4.79 Å². The van der Waals surface area contributed by atoms with Crippen LogP contribution in [-0.4, -0.2) is 23.5 Å². The average molecular weight is 304 g/mol. The predicted octanol–water partition coefficient (Wildman–Crippen LogP) is 3.06. The summed E-state index contributed by atoms with van der Waals surface area (Å²) in [6.45, 7) is 4.43. The summed E-state index contributed by atoms with van der Waals surface area (Å²) in [5, 5.41) is 3.92. The van der Waals surface area contributed by atoms with Gasteiger partial charge in [-0.2, -0.15) is 4.98 Å². The molecular weight excluding hydrogens is 284 g/mol. The summed E-state index contributed by atoms with van der Waals surface area (Å²) < 4.78 is 16.0. The Morgan fingerprint density at radius 1 is 1.32 bits per heavy atom. The predicted molar refractivity (Wildman–Crippen MR) is 80.2 cm³/mol. The van der Waals surface area contributed by atoms with E-state index < -0.39 is 0 Å². The molecule has 0 saturated carbocycles. The second kappa shape index (κ2) is 7.59. The third-order valence-electron chi connectivity index (χ3n) is 3.13. The molecule has 0 radical (unpaired) electrons. The Hall–Kier alpha value is -2.37. The minimum absolute atomic E-state index is 0.132. The van der Waals surface area contributed by atoms with E-state index in [0.29, 0.717) is 34.7 Å². The smallest absolute Gasteiger partial charge is 0.264 e. The fraction of sp³-hybridized carbons (Fsp3) is 0.438. The summed E-state index contributed by atoms with van der Waals surface area (Å²) in [6.07, 6.45) is 2.54. The van der Waals surface area contributed by atoms with Gasteiger partial charge in [-0.05, 0) is 30.5 Å². The largest absolute Gasteiger partial charge is 0.493 e. The standard InChI is InChI=1S/C16H20N2O4/c1-11(2)4-7-15-17-16(22-18-15)10-21-14-8-12(9-19)5-6-13(14)20-3/h5-6,8-9,11H,4,7,10H2,1-3H3. The highest BCUT2D eigenvalue weighted by molar-refractivity contribution is 5.76. The average Bonchev–Trinajstić information content (AvgIpc) is 2.98. The van der Waals surface area contributed by atoms with Crippen LogP contribution < -0.4 is 9.47 Å². The number of hydrogen-bond donors (Lipinski definition) is 0. The zero-order chi connectivity index (χ0) is 15.9. The van der Waals surface area contributed by atoms with Crippen LogP contribution >= 0.6 is 0 Å². The quantitative estimate of drug-likeness (QED) is 0.698. The Kier molecular flexibility index (Phi) is 5.52. The topological polar surface area (TPSA) is 74.5 Å². The molecule has 0 bridgehead atoms. The highest BCUT2D eigenvalue weighted by Gasteiger charge is 2.10. The van der Waals surface area contributed by atoms with Gasteiger partial charge in [0, 0.05) is 12.0 Å². The number of methoxy groups -OCH3 is 1. The van der Waals surface area contributed by atoms with Gasteiger partial charge in [0.15, 0.2) is 23.9 Å². The fourth-order valence-electron chi connectivity index (χ4n) is 1.89. The first-order chi connectivity index (χ1) is 10.6. The highest BCUT2D eigenvalue weighted by Crippen LogP contribution is 2.28. The van der Waals surface area contributed by atoms with Crippen molar-refractivity contribution < 1.29 is 18.8 Å². The first-order valence-corrected chi connectivity index (χ1v) is 7.20. The number of aldehydes is 1. The maximum absolute atomic E-state index is 10.8. The molecule has 0 saturated heterocycles. The van der Waals surface area contributed by atoms with Gasteiger partial charge in [0.05, 0.1) is 7.11 Å². The van der Waals surface area contributed by atoms with Crippen LogP contribution in [0.1, 0.15) is 42.3 Å². The second-order valence-electron chi connectivity index (χ2n) is 5.35. The van der Waals surface area contributed by atoms with E-state index >= 15 is 0 Å². The van der Waals surface area contributed by atoms with Gasteiger partial charge >= 0.3 is 0 Å². The van der Waals surface area contributed by atoms with Gasteiger partial charge in [-0.1, -0.05) is 19.0 Å². The van der Waals surface area contributed by atoms with Gasteiger partial charge < -0.3 is 14.0 Å². The van der Waals surface area contributed by atoms with Crippen molar-refractivity contribution in [1.29, 1.82) is 0 Å². The maximum Gasteiger partial charge on any atom is 0.264 e. The summed E-state index contributed by atoms with van der Waals surface area (Å²) in [4.78, 5) is 15.1. The first-order valence-electron chi connectivity index (χ1n) is 7.20. The van der Waals surface area contributed by atoms with Crippen molar-refractivity contribution in [2.75, 3.05) is 7.11 Å². The van der Waals surface area contributed by atoms with E-state index in [1.54, 1.807) is 25.3 Å². The molecule has 118 valence electrons. The summed E-state index contributed by atoms with van der Waals surface area (Å²) in [5.74, 6) is 2.69. The Morgan fingerprint density at radius 3 is 2.82 bits per heavy atom. The molecule has 0 N–H and O–H groups in total. The normalized spacial score (nSPS) is 10.7. The van der Waals surface area contributed by atoms with Crippen LogP contribution in [-0.2, 0) is 13.0 Å². The lowest BCUT2D eigenvalue weighted by Gasteiger charge is -2.09. The number of hydrogen-bond acceptors (Lipinski definition) is 6. The minimum atomic E-state index is 0.132. The molecule has 22 heavy (non-hydrogen) atoms. The number of nitrogens with zero attached hydrogens (tertiary/aromatic N) is 2. The lowest BCUT2D eigenvalue weighted by molar-refractivity contribution is 0.112. The molecule has 1 heterocycles. The van der Waals surface area contributed by atoms with Crippen LogP contribution in [0.2, 0.25) is 0 Å². The Morgan fingerprint density at radius 2 is 2.14 bits per heavy atom. The Bertz CT molecular complexity index is 622. The van der Waals surface area contributed by atoms with Crippen molar-refractivity contribution in [3.63, 3.8) is 0 Å². The van der Waals surface area contributed by atoms with E-state index in [4.69, 9.17) is 14.0 Å². The molecule has 0 amide bonds. The number of aromatic nitrogens is 2. The molecule has 0 atom stereocenters. The fourth-order valence-corrected chi connectivity index (χ4v) is 1.89. The SMILES string of the molecule is COc1ccc(C=O)cc1OCc1nc(CCC(C)C)no1. The molecule has 0 spiro atoms. The van der Waals surface area contributed by atoms with Gasteiger partial charge in [-0.25, -0.2) is 0 Å². The Balaban J connectivity index is 1.99. The molecule has 0 fully saturated rings. The van der Waals surface area contributed by atoms with Gasteiger partial charge in [0.1, 0.15) is 6.29 Å². The van der Waals surface area contributed by atoms with Gasteiger partial charge in [-0.15, -0.1) is 0 Å². The third-order valence-corrected chi connectivity index (χ3v) is 3.13. The summed E-state index contributed by atoms with van der Waals surface area (Å²) in [6, 6.07) is 4.96. The lowest BCUT2D eigenvalue weighted by Crippen LogP contribution is -1.99. The van der Waals surface area contributed by atoms with Crippen molar-refractivity contribution in [3.05, 3.63) is 35.5 Å². The Labute approximate surface area is 129 Å². The summed E-state index contributed by atoms with van der Waals surface area (Å²) >= 11 is 0. The zero-order valence-corrected chi connectivity index (χ0v) is 13.0. The molecule has 2 rings (SSSR count). The van der Waals surface area contributed by atoms with Crippen molar-refractivity contribution in [3.8, 4) is 11.5 Å². The van der Waals surface area contributed by atoms with Crippen molar-refractivity contribution in [2.24, 2.45) is 5.92 Å². The van der Waals surface area contributed by atoms with Crippen molar-refractivity contribution >= 4 is 6.29 Å². The van der Waals surface area contributed by atoms with E-state index in [-0.39, 0.29) is 6.61 Å².